The molecule has 5 heteroatoms. The van der Waals surface area contributed by atoms with E-state index in [1.54, 1.807) is 14.0 Å². The fourth-order valence-corrected chi connectivity index (χ4v) is 3.40. The van der Waals surface area contributed by atoms with Gasteiger partial charge >= 0.3 is 0 Å². The lowest BCUT2D eigenvalue weighted by atomic mass is 10.1. The molecule has 3 rings (SSSR count). The van der Waals surface area contributed by atoms with E-state index in [4.69, 9.17) is 4.74 Å². The highest BCUT2D eigenvalue weighted by molar-refractivity contribution is 5.99. The molecule has 0 bridgehead atoms. The molecule has 0 spiro atoms. The number of nitrogens with zero attached hydrogens (tertiary/aromatic N) is 2. The monoisotopic (exact) mass is 353 g/mol. The number of carbonyl (C=O) groups excluding carboxylic acids is 1. The molecule has 2 aromatic rings. The first-order chi connectivity index (χ1) is 12.7. The van der Waals surface area contributed by atoms with Crippen molar-refractivity contribution in [3.05, 3.63) is 54.1 Å². The molecule has 5 nitrogen and oxygen atoms in total. The van der Waals surface area contributed by atoms with E-state index in [0.717, 1.165) is 56.3 Å². The van der Waals surface area contributed by atoms with Gasteiger partial charge < -0.3 is 15.0 Å². The fourth-order valence-electron chi connectivity index (χ4n) is 3.40. The van der Waals surface area contributed by atoms with Crippen molar-refractivity contribution in [3.8, 4) is 5.75 Å². The van der Waals surface area contributed by atoms with Crippen molar-refractivity contribution in [2.45, 2.75) is 6.92 Å². The number of hydrogen-bond donors (Lipinski definition) is 1. The van der Waals surface area contributed by atoms with Crippen LogP contribution in [0.25, 0.3) is 0 Å². The van der Waals surface area contributed by atoms with Gasteiger partial charge in [-0.3, -0.25) is 9.69 Å². The maximum absolute atomic E-state index is 11.7. The molecule has 26 heavy (non-hydrogen) atoms. The minimum absolute atomic E-state index is 0.0959. The Labute approximate surface area is 155 Å². The summed E-state index contributed by atoms with van der Waals surface area (Å²) in [6, 6.07) is 15.9. The van der Waals surface area contributed by atoms with E-state index in [2.05, 4.69) is 27.2 Å². The second-order valence-electron chi connectivity index (χ2n) is 6.53. The van der Waals surface area contributed by atoms with E-state index in [9.17, 15) is 4.79 Å². The van der Waals surface area contributed by atoms with Gasteiger partial charge in [-0.1, -0.05) is 24.3 Å². The molecule has 0 aromatic heterocycles. The van der Waals surface area contributed by atoms with Gasteiger partial charge in [-0.2, -0.15) is 0 Å². The zero-order valence-corrected chi connectivity index (χ0v) is 15.6. The van der Waals surface area contributed by atoms with Crippen molar-refractivity contribution in [2.24, 2.45) is 0 Å². The summed E-state index contributed by atoms with van der Waals surface area (Å²) in [7, 11) is 1.72. The molecule has 0 amide bonds. The number of para-hydroxylation sites is 3. The van der Waals surface area contributed by atoms with E-state index in [1.807, 2.05) is 36.4 Å². The number of carbonyl (C=O) groups is 1. The van der Waals surface area contributed by atoms with Crippen LogP contribution >= 0.6 is 0 Å². The van der Waals surface area contributed by atoms with E-state index < -0.39 is 0 Å². The van der Waals surface area contributed by atoms with Crippen LogP contribution in [0, 0.1) is 0 Å². The molecule has 0 aliphatic carbocycles. The highest BCUT2D eigenvalue weighted by Gasteiger charge is 2.19. The van der Waals surface area contributed by atoms with Crippen molar-refractivity contribution in [2.75, 3.05) is 56.6 Å². The molecule has 0 atom stereocenters. The number of benzene rings is 2. The van der Waals surface area contributed by atoms with E-state index >= 15 is 0 Å². The Morgan fingerprint density at radius 1 is 1.04 bits per heavy atom. The minimum atomic E-state index is 0.0959. The predicted octanol–water partition coefficient (Wildman–Crippen LogP) is 3.13. The fraction of sp³-hybridized carbons (Fsp3) is 0.381. The first kappa shape index (κ1) is 18.3. The molecule has 0 radical (unpaired) electrons. The van der Waals surface area contributed by atoms with Crippen molar-refractivity contribution in [1.29, 1.82) is 0 Å². The van der Waals surface area contributed by atoms with Crippen LogP contribution < -0.4 is 15.0 Å². The number of hydrogen-bond acceptors (Lipinski definition) is 5. The Balaban J connectivity index is 1.48. The normalized spacial score (nSPS) is 14.9. The van der Waals surface area contributed by atoms with Crippen LogP contribution in [0.15, 0.2) is 48.5 Å². The molecule has 1 aliphatic heterocycles. The number of piperazine rings is 1. The van der Waals surface area contributed by atoms with Crippen LogP contribution in [0.1, 0.15) is 17.3 Å². The smallest absolute Gasteiger partial charge is 0.161 e. The maximum atomic E-state index is 11.7. The zero-order valence-electron chi connectivity index (χ0n) is 15.6. The van der Waals surface area contributed by atoms with Crippen LogP contribution in [0.4, 0.5) is 11.4 Å². The standard InChI is InChI=1S/C21H27N3O2/c1-17(25)18-7-3-4-8-19(18)22-11-12-23-13-15-24(16-14-23)20-9-5-6-10-21(20)26-2/h3-10,22H,11-16H2,1-2H3. The second-order valence-corrected chi connectivity index (χ2v) is 6.53. The topological polar surface area (TPSA) is 44.8 Å². The summed E-state index contributed by atoms with van der Waals surface area (Å²) >= 11 is 0. The molecule has 1 aliphatic rings. The number of Topliss-reactive ketones (excluding diaryl/α,β-unsaturated/α-hetero) is 1. The summed E-state index contributed by atoms with van der Waals surface area (Å²) in [5.74, 6) is 1.03. The van der Waals surface area contributed by atoms with Crippen molar-refractivity contribution in [3.63, 3.8) is 0 Å². The molecule has 1 N–H and O–H groups in total. The molecule has 1 saturated heterocycles. The Bertz CT molecular complexity index is 740. The minimum Gasteiger partial charge on any atom is -0.495 e. The summed E-state index contributed by atoms with van der Waals surface area (Å²) in [5, 5.41) is 3.41. The predicted molar refractivity (Wildman–Crippen MR) is 107 cm³/mol. The SMILES string of the molecule is COc1ccccc1N1CCN(CCNc2ccccc2C(C)=O)CC1. The van der Waals surface area contributed by atoms with Crippen LogP contribution in [0.2, 0.25) is 0 Å². The number of rotatable bonds is 7. The summed E-state index contributed by atoms with van der Waals surface area (Å²) in [5.41, 5.74) is 2.85. The lowest BCUT2D eigenvalue weighted by Crippen LogP contribution is -2.47. The van der Waals surface area contributed by atoms with Crippen LogP contribution in [-0.4, -0.2) is 57.1 Å². The largest absolute Gasteiger partial charge is 0.495 e. The summed E-state index contributed by atoms with van der Waals surface area (Å²) in [6.45, 7) is 7.43. The van der Waals surface area contributed by atoms with E-state index in [1.165, 1.54) is 5.69 Å². The molecule has 1 heterocycles. The van der Waals surface area contributed by atoms with Gasteiger partial charge in [-0.15, -0.1) is 0 Å². The van der Waals surface area contributed by atoms with Gasteiger partial charge in [0.2, 0.25) is 0 Å². The molecule has 1 fully saturated rings. The van der Waals surface area contributed by atoms with E-state index in [-0.39, 0.29) is 5.78 Å². The maximum Gasteiger partial charge on any atom is 0.161 e. The molecule has 138 valence electrons. The van der Waals surface area contributed by atoms with Gasteiger partial charge in [0.25, 0.3) is 0 Å². The van der Waals surface area contributed by atoms with Crippen LogP contribution in [0.3, 0.4) is 0 Å². The first-order valence-electron chi connectivity index (χ1n) is 9.13. The number of ketones is 1. The van der Waals surface area contributed by atoms with Crippen molar-refractivity contribution < 1.29 is 9.53 Å². The van der Waals surface area contributed by atoms with Gasteiger partial charge in [0.1, 0.15) is 5.75 Å². The van der Waals surface area contributed by atoms with Gasteiger partial charge in [-0.05, 0) is 31.2 Å². The van der Waals surface area contributed by atoms with Gasteiger partial charge in [0, 0.05) is 50.5 Å². The average molecular weight is 353 g/mol. The Kier molecular flexibility index (Phi) is 6.12. The first-order valence-corrected chi connectivity index (χ1v) is 9.13. The Morgan fingerprint density at radius 2 is 1.73 bits per heavy atom. The van der Waals surface area contributed by atoms with Crippen molar-refractivity contribution >= 4 is 17.2 Å². The second kappa shape index (κ2) is 8.72. The van der Waals surface area contributed by atoms with Crippen molar-refractivity contribution in [1.82, 2.24) is 4.90 Å². The molecule has 0 unspecified atom stereocenters. The third kappa shape index (κ3) is 4.35. The van der Waals surface area contributed by atoms with Crippen LogP contribution in [0.5, 0.6) is 5.75 Å². The average Bonchev–Trinajstić information content (AvgIpc) is 2.69. The lowest BCUT2D eigenvalue weighted by Gasteiger charge is -2.36. The highest BCUT2D eigenvalue weighted by Crippen LogP contribution is 2.28. The number of anilines is 2. The summed E-state index contributed by atoms with van der Waals surface area (Å²) in [4.78, 5) is 16.5. The summed E-state index contributed by atoms with van der Waals surface area (Å²) in [6.07, 6.45) is 0. The molecule has 2 aromatic carbocycles. The zero-order chi connectivity index (χ0) is 18.4. The number of nitrogens with one attached hydrogen (secondary N) is 1. The van der Waals surface area contributed by atoms with E-state index in [0.29, 0.717) is 0 Å². The van der Waals surface area contributed by atoms with Gasteiger partial charge in [0.15, 0.2) is 5.78 Å². The molecular formula is C21H27N3O2. The van der Waals surface area contributed by atoms with Gasteiger partial charge in [-0.25, -0.2) is 0 Å². The Morgan fingerprint density at radius 3 is 2.46 bits per heavy atom. The van der Waals surface area contributed by atoms with Crippen LogP contribution in [-0.2, 0) is 0 Å². The number of methoxy groups -OCH3 is 1. The summed E-state index contributed by atoms with van der Waals surface area (Å²) < 4.78 is 5.48. The lowest BCUT2D eigenvalue weighted by molar-refractivity contribution is 0.101. The highest BCUT2D eigenvalue weighted by atomic mass is 16.5. The quantitative estimate of drug-likeness (QED) is 0.775. The van der Waals surface area contributed by atoms with Gasteiger partial charge in [0.05, 0.1) is 12.8 Å². The third-order valence-electron chi connectivity index (χ3n) is 4.85. The number of ether oxygens (including phenoxy) is 1. The molecule has 0 saturated carbocycles. The molecular weight excluding hydrogens is 326 g/mol. The third-order valence-corrected chi connectivity index (χ3v) is 4.85. The Hall–Kier alpha value is -2.53.